The van der Waals surface area contributed by atoms with E-state index in [0.29, 0.717) is 0 Å². The van der Waals surface area contributed by atoms with Gasteiger partial charge in [0.2, 0.25) is 0 Å². The fraction of sp³-hybridized carbons (Fsp3) is 0.750. The summed E-state index contributed by atoms with van der Waals surface area (Å²) in [5.41, 5.74) is 0. The van der Waals surface area contributed by atoms with E-state index in [4.69, 9.17) is 0 Å². The number of hydrogen-bond donors (Lipinski definition) is 0. The Morgan fingerprint density at radius 1 is 0.917 bits per heavy atom. The highest BCUT2D eigenvalue weighted by Crippen LogP contribution is 1.97. The number of hydrogen-bond acceptors (Lipinski definition) is 4. The van der Waals surface area contributed by atoms with Crippen LogP contribution in [0, 0.1) is 0 Å². The first kappa shape index (κ1) is 10.9. The van der Waals surface area contributed by atoms with Crippen LogP contribution in [0.15, 0.2) is 10.2 Å². The molecule has 2 unspecified atom stereocenters. The number of ketones is 2. The van der Waals surface area contributed by atoms with E-state index in [1.165, 1.54) is 13.8 Å². The van der Waals surface area contributed by atoms with Gasteiger partial charge >= 0.3 is 0 Å². The maximum Gasteiger partial charge on any atom is 0.155 e. The molecule has 0 aromatic heterocycles. The number of nitrogens with zero attached hydrogens (tertiary/aromatic N) is 2. The molecule has 0 aromatic carbocycles. The van der Waals surface area contributed by atoms with Crippen LogP contribution in [0.4, 0.5) is 0 Å². The molecule has 0 aliphatic heterocycles. The van der Waals surface area contributed by atoms with Crippen molar-refractivity contribution in [3.63, 3.8) is 0 Å². The molecule has 4 nitrogen and oxygen atoms in total. The van der Waals surface area contributed by atoms with Crippen molar-refractivity contribution in [3.05, 3.63) is 0 Å². The van der Waals surface area contributed by atoms with Crippen LogP contribution < -0.4 is 0 Å². The minimum Gasteiger partial charge on any atom is -0.298 e. The van der Waals surface area contributed by atoms with Gasteiger partial charge in [-0.3, -0.25) is 9.59 Å². The van der Waals surface area contributed by atoms with E-state index in [9.17, 15) is 9.59 Å². The van der Waals surface area contributed by atoms with Crippen LogP contribution in [0.3, 0.4) is 0 Å². The Bertz CT molecular complexity index is 189. The van der Waals surface area contributed by atoms with Crippen molar-refractivity contribution in [2.24, 2.45) is 10.2 Å². The third-order valence-corrected chi connectivity index (χ3v) is 1.59. The van der Waals surface area contributed by atoms with Crippen molar-refractivity contribution < 1.29 is 9.59 Å². The number of carbonyl (C=O) groups is 2. The van der Waals surface area contributed by atoms with Crippen molar-refractivity contribution >= 4 is 11.6 Å². The molecule has 2 atom stereocenters. The third kappa shape index (κ3) is 3.95. The van der Waals surface area contributed by atoms with Crippen LogP contribution in [0.25, 0.3) is 0 Å². The number of Topliss-reactive ketones (excluding diaryl/α,β-unsaturated/α-hetero) is 2. The lowest BCUT2D eigenvalue weighted by Crippen LogP contribution is -2.13. The van der Waals surface area contributed by atoms with Gasteiger partial charge in [-0.05, 0) is 27.7 Å². The Hall–Kier alpha value is -1.06. The molecule has 0 fully saturated rings. The summed E-state index contributed by atoms with van der Waals surface area (Å²) in [4.78, 5) is 21.4. The summed E-state index contributed by atoms with van der Waals surface area (Å²) in [5.74, 6) is -0.0935. The summed E-state index contributed by atoms with van der Waals surface area (Å²) in [7, 11) is 0. The predicted molar refractivity (Wildman–Crippen MR) is 45.1 cm³/mol. The lowest BCUT2D eigenvalue weighted by Gasteiger charge is -2.01. The lowest BCUT2D eigenvalue weighted by atomic mass is 10.2. The molecule has 0 aliphatic carbocycles. The van der Waals surface area contributed by atoms with E-state index in [1.54, 1.807) is 13.8 Å². The highest BCUT2D eigenvalue weighted by Gasteiger charge is 2.08. The fourth-order valence-electron chi connectivity index (χ4n) is 0.363. The minimum absolute atomic E-state index is 0.0468. The molecule has 68 valence electrons. The third-order valence-electron chi connectivity index (χ3n) is 1.59. The van der Waals surface area contributed by atoms with E-state index in [-0.39, 0.29) is 11.6 Å². The van der Waals surface area contributed by atoms with E-state index < -0.39 is 12.1 Å². The Labute approximate surface area is 72.1 Å². The van der Waals surface area contributed by atoms with Crippen LogP contribution in [-0.4, -0.2) is 23.7 Å². The maximum atomic E-state index is 10.7. The summed E-state index contributed by atoms with van der Waals surface area (Å²) in [6.45, 7) is 6.20. The Balaban J connectivity index is 4.06. The van der Waals surface area contributed by atoms with Crippen LogP contribution in [0.2, 0.25) is 0 Å². The summed E-state index contributed by atoms with van der Waals surface area (Å²) >= 11 is 0. The van der Waals surface area contributed by atoms with E-state index >= 15 is 0 Å². The van der Waals surface area contributed by atoms with Crippen LogP contribution >= 0.6 is 0 Å². The van der Waals surface area contributed by atoms with Crippen LogP contribution in [0.1, 0.15) is 27.7 Å². The smallest absolute Gasteiger partial charge is 0.155 e. The topological polar surface area (TPSA) is 58.9 Å². The van der Waals surface area contributed by atoms with Gasteiger partial charge in [-0.15, -0.1) is 0 Å². The van der Waals surface area contributed by atoms with Crippen LogP contribution in [0.5, 0.6) is 0 Å². The maximum absolute atomic E-state index is 10.7. The molecule has 0 rings (SSSR count). The molecule has 0 spiro atoms. The van der Waals surface area contributed by atoms with Crippen molar-refractivity contribution in [3.8, 4) is 0 Å². The van der Waals surface area contributed by atoms with Gasteiger partial charge in [0.1, 0.15) is 12.1 Å². The zero-order valence-electron chi connectivity index (χ0n) is 7.87. The average Bonchev–Trinajstić information content (AvgIpc) is 1.98. The summed E-state index contributed by atoms with van der Waals surface area (Å²) < 4.78 is 0. The van der Waals surface area contributed by atoms with E-state index in [1.807, 2.05) is 0 Å². The quantitative estimate of drug-likeness (QED) is 0.598. The molecule has 4 heteroatoms. The average molecular weight is 170 g/mol. The van der Waals surface area contributed by atoms with Crippen molar-refractivity contribution in [2.45, 2.75) is 39.8 Å². The van der Waals surface area contributed by atoms with Crippen molar-refractivity contribution in [1.29, 1.82) is 0 Å². The highest BCUT2D eigenvalue weighted by molar-refractivity contribution is 5.82. The predicted octanol–water partition coefficient (Wildman–Crippen LogP) is 1.39. The molecule has 0 heterocycles. The van der Waals surface area contributed by atoms with Gasteiger partial charge in [-0.2, -0.15) is 10.2 Å². The number of rotatable bonds is 4. The molecule has 0 saturated carbocycles. The van der Waals surface area contributed by atoms with Crippen molar-refractivity contribution in [2.75, 3.05) is 0 Å². The lowest BCUT2D eigenvalue weighted by molar-refractivity contribution is -0.119. The SMILES string of the molecule is CC(=O)C(C)N=NC(C)C(C)=O. The fourth-order valence-corrected chi connectivity index (χ4v) is 0.363. The second-order valence-corrected chi connectivity index (χ2v) is 2.80. The van der Waals surface area contributed by atoms with Gasteiger partial charge in [0, 0.05) is 0 Å². The Kier molecular flexibility index (Phi) is 4.33. The summed E-state index contributed by atoms with van der Waals surface area (Å²) in [5, 5.41) is 7.40. The van der Waals surface area contributed by atoms with E-state index in [0.717, 1.165) is 0 Å². The Morgan fingerprint density at radius 2 is 1.17 bits per heavy atom. The van der Waals surface area contributed by atoms with Gasteiger partial charge < -0.3 is 0 Å². The molecule has 0 aliphatic rings. The second-order valence-electron chi connectivity index (χ2n) is 2.80. The zero-order valence-corrected chi connectivity index (χ0v) is 7.87. The number of carbonyl (C=O) groups excluding carboxylic acids is 2. The first-order valence-electron chi connectivity index (χ1n) is 3.86. The van der Waals surface area contributed by atoms with Crippen LogP contribution in [-0.2, 0) is 9.59 Å². The monoisotopic (exact) mass is 170 g/mol. The molecule has 0 saturated heterocycles. The highest BCUT2D eigenvalue weighted by atomic mass is 16.1. The zero-order chi connectivity index (χ0) is 9.72. The molecular formula is C8H14N2O2. The molecule has 0 N–H and O–H groups in total. The van der Waals surface area contributed by atoms with Gasteiger partial charge in [0.15, 0.2) is 11.6 Å². The van der Waals surface area contributed by atoms with Gasteiger partial charge in [0.05, 0.1) is 0 Å². The summed E-state index contributed by atoms with van der Waals surface area (Å²) in [6.07, 6.45) is 0. The normalized spacial score (nSPS) is 16.0. The van der Waals surface area contributed by atoms with Gasteiger partial charge in [-0.25, -0.2) is 0 Å². The molecule has 0 aromatic rings. The first-order chi connectivity index (χ1) is 5.45. The van der Waals surface area contributed by atoms with Gasteiger partial charge in [0.25, 0.3) is 0 Å². The minimum atomic E-state index is -0.438. The largest absolute Gasteiger partial charge is 0.298 e. The molecule has 12 heavy (non-hydrogen) atoms. The second kappa shape index (κ2) is 4.74. The molecule has 0 bridgehead atoms. The van der Waals surface area contributed by atoms with Crippen molar-refractivity contribution in [1.82, 2.24) is 0 Å². The van der Waals surface area contributed by atoms with Gasteiger partial charge in [-0.1, -0.05) is 0 Å². The molecule has 0 amide bonds. The summed E-state index contributed by atoms with van der Waals surface area (Å²) in [6, 6.07) is -0.876. The Morgan fingerprint density at radius 3 is 1.33 bits per heavy atom. The first-order valence-corrected chi connectivity index (χ1v) is 3.86. The standard InChI is InChI=1S/C8H14N2O2/c1-5(7(3)11)9-10-6(2)8(4)12/h5-6H,1-4H3. The van der Waals surface area contributed by atoms with E-state index in [2.05, 4.69) is 10.2 Å². The molecule has 0 radical (unpaired) electrons. The number of azo groups is 1. The molecular weight excluding hydrogens is 156 g/mol.